The molecule has 0 saturated heterocycles. The minimum Gasteiger partial charge on any atom is -0.488 e. The number of ether oxygens (including phenoxy) is 1. The molecule has 2 nitrogen and oxygen atoms in total. The van der Waals surface area contributed by atoms with Gasteiger partial charge in [-0.15, -0.1) is 0 Å². The zero-order chi connectivity index (χ0) is 11.7. The fourth-order valence-corrected chi connectivity index (χ4v) is 1.80. The van der Waals surface area contributed by atoms with Gasteiger partial charge in [-0.1, -0.05) is 6.07 Å². The molecule has 1 atom stereocenters. The molecule has 0 bridgehead atoms. The van der Waals surface area contributed by atoms with E-state index in [-0.39, 0.29) is 18.0 Å². The SMILES string of the molecule is CC(C)Oc1ccc(C(N)C2CC2)cc1F. The number of halogens is 1. The van der Waals surface area contributed by atoms with E-state index in [4.69, 9.17) is 10.5 Å². The highest BCUT2D eigenvalue weighted by Gasteiger charge is 2.29. The Labute approximate surface area is 95.6 Å². The molecule has 2 rings (SSSR count). The van der Waals surface area contributed by atoms with Crippen LogP contribution in [0.3, 0.4) is 0 Å². The third-order valence-electron chi connectivity index (χ3n) is 2.83. The Bertz CT molecular complexity index is 374. The minimum atomic E-state index is -0.317. The van der Waals surface area contributed by atoms with Crippen molar-refractivity contribution in [2.75, 3.05) is 0 Å². The van der Waals surface area contributed by atoms with Gasteiger partial charge in [-0.3, -0.25) is 0 Å². The third kappa shape index (κ3) is 2.53. The molecule has 1 saturated carbocycles. The molecular formula is C13H18FNO. The lowest BCUT2D eigenvalue weighted by atomic mass is 10.0. The molecular weight excluding hydrogens is 205 g/mol. The van der Waals surface area contributed by atoms with Crippen LogP contribution in [0.2, 0.25) is 0 Å². The van der Waals surface area contributed by atoms with Gasteiger partial charge in [0.1, 0.15) is 0 Å². The maximum Gasteiger partial charge on any atom is 0.165 e. The predicted octanol–water partition coefficient (Wildman–Crippen LogP) is 3.02. The number of rotatable bonds is 4. The summed E-state index contributed by atoms with van der Waals surface area (Å²) in [5.41, 5.74) is 6.88. The van der Waals surface area contributed by atoms with Crippen molar-refractivity contribution in [2.45, 2.75) is 38.8 Å². The van der Waals surface area contributed by atoms with Gasteiger partial charge in [0.25, 0.3) is 0 Å². The maximum absolute atomic E-state index is 13.7. The number of benzene rings is 1. The van der Waals surface area contributed by atoms with E-state index >= 15 is 0 Å². The van der Waals surface area contributed by atoms with Gasteiger partial charge < -0.3 is 10.5 Å². The number of hydrogen-bond acceptors (Lipinski definition) is 2. The molecule has 0 aromatic heterocycles. The van der Waals surface area contributed by atoms with Crippen LogP contribution in [0.4, 0.5) is 4.39 Å². The summed E-state index contributed by atoms with van der Waals surface area (Å²) in [4.78, 5) is 0. The van der Waals surface area contributed by atoms with Crippen LogP contribution in [0.1, 0.15) is 38.3 Å². The second-order valence-electron chi connectivity index (χ2n) is 4.72. The Morgan fingerprint density at radius 2 is 2.06 bits per heavy atom. The van der Waals surface area contributed by atoms with Crippen molar-refractivity contribution < 1.29 is 9.13 Å². The van der Waals surface area contributed by atoms with Crippen LogP contribution in [-0.2, 0) is 0 Å². The first-order valence-corrected chi connectivity index (χ1v) is 5.79. The molecule has 0 heterocycles. The first kappa shape index (κ1) is 11.4. The Balaban J connectivity index is 2.14. The molecule has 0 amide bonds. The van der Waals surface area contributed by atoms with Crippen molar-refractivity contribution in [3.05, 3.63) is 29.6 Å². The van der Waals surface area contributed by atoms with Crippen molar-refractivity contribution in [2.24, 2.45) is 11.7 Å². The molecule has 0 radical (unpaired) electrons. The third-order valence-corrected chi connectivity index (χ3v) is 2.83. The molecule has 0 spiro atoms. The van der Waals surface area contributed by atoms with Gasteiger partial charge in [-0.05, 0) is 50.3 Å². The van der Waals surface area contributed by atoms with Crippen LogP contribution in [0, 0.1) is 11.7 Å². The van der Waals surface area contributed by atoms with Crippen molar-refractivity contribution >= 4 is 0 Å². The summed E-state index contributed by atoms with van der Waals surface area (Å²) in [7, 11) is 0. The molecule has 1 unspecified atom stereocenters. The number of nitrogens with two attached hydrogens (primary N) is 1. The average molecular weight is 223 g/mol. The Hall–Kier alpha value is -1.09. The minimum absolute atomic E-state index is 0.0162. The van der Waals surface area contributed by atoms with Crippen LogP contribution >= 0.6 is 0 Å². The largest absolute Gasteiger partial charge is 0.488 e. The smallest absolute Gasteiger partial charge is 0.165 e. The lowest BCUT2D eigenvalue weighted by Gasteiger charge is -2.14. The maximum atomic E-state index is 13.7. The highest BCUT2D eigenvalue weighted by Crippen LogP contribution is 2.40. The summed E-state index contributed by atoms with van der Waals surface area (Å²) in [6, 6.07) is 5.01. The van der Waals surface area contributed by atoms with E-state index in [1.807, 2.05) is 19.9 Å². The van der Waals surface area contributed by atoms with Crippen LogP contribution in [0.25, 0.3) is 0 Å². The van der Waals surface area contributed by atoms with Crippen LogP contribution in [0.5, 0.6) is 5.75 Å². The van der Waals surface area contributed by atoms with Gasteiger partial charge >= 0.3 is 0 Å². The summed E-state index contributed by atoms with van der Waals surface area (Å²) >= 11 is 0. The molecule has 3 heteroatoms. The van der Waals surface area contributed by atoms with Gasteiger partial charge in [0, 0.05) is 6.04 Å². The molecule has 1 aromatic rings. The molecule has 0 aliphatic heterocycles. The van der Waals surface area contributed by atoms with Crippen molar-refractivity contribution in [3.63, 3.8) is 0 Å². The van der Waals surface area contributed by atoms with Gasteiger partial charge in [0.2, 0.25) is 0 Å². The fraction of sp³-hybridized carbons (Fsp3) is 0.538. The summed E-state index contributed by atoms with van der Waals surface area (Å²) in [5.74, 6) is 0.528. The van der Waals surface area contributed by atoms with Crippen LogP contribution < -0.4 is 10.5 Å². The second-order valence-corrected chi connectivity index (χ2v) is 4.72. The van der Waals surface area contributed by atoms with Gasteiger partial charge in [0.05, 0.1) is 6.10 Å². The molecule has 1 aliphatic carbocycles. The molecule has 88 valence electrons. The molecule has 2 N–H and O–H groups in total. The highest BCUT2D eigenvalue weighted by atomic mass is 19.1. The van der Waals surface area contributed by atoms with Crippen molar-refractivity contribution in [3.8, 4) is 5.75 Å². The summed E-state index contributed by atoms with van der Waals surface area (Å²) < 4.78 is 19.0. The lowest BCUT2D eigenvalue weighted by Crippen LogP contribution is -2.13. The topological polar surface area (TPSA) is 35.2 Å². The van der Waals surface area contributed by atoms with E-state index in [9.17, 15) is 4.39 Å². The van der Waals surface area contributed by atoms with Gasteiger partial charge in [-0.2, -0.15) is 0 Å². The summed E-state index contributed by atoms with van der Waals surface area (Å²) in [6.07, 6.45) is 2.30. The van der Waals surface area contributed by atoms with Gasteiger partial charge in [0.15, 0.2) is 11.6 Å². The Morgan fingerprint density at radius 1 is 1.38 bits per heavy atom. The monoisotopic (exact) mass is 223 g/mol. The van der Waals surface area contributed by atoms with E-state index in [2.05, 4.69) is 0 Å². The molecule has 1 fully saturated rings. The number of hydrogen-bond donors (Lipinski definition) is 1. The quantitative estimate of drug-likeness (QED) is 0.851. The average Bonchev–Trinajstić information content (AvgIpc) is 3.03. The van der Waals surface area contributed by atoms with E-state index in [1.54, 1.807) is 6.07 Å². The molecule has 16 heavy (non-hydrogen) atoms. The predicted molar refractivity (Wildman–Crippen MR) is 61.8 cm³/mol. The van der Waals surface area contributed by atoms with Crippen LogP contribution in [0.15, 0.2) is 18.2 Å². The standard InChI is InChI=1S/C13H18FNO/c1-8(2)16-12-6-5-10(7-11(12)14)13(15)9-3-4-9/h5-9,13H,3-4,15H2,1-2H3. The normalized spacial score (nSPS) is 17.6. The Morgan fingerprint density at radius 3 is 2.56 bits per heavy atom. The second kappa shape index (κ2) is 4.42. The van der Waals surface area contributed by atoms with E-state index in [1.165, 1.54) is 6.07 Å². The van der Waals surface area contributed by atoms with Gasteiger partial charge in [-0.25, -0.2) is 4.39 Å². The molecule has 1 aliphatic rings. The van der Waals surface area contributed by atoms with Crippen molar-refractivity contribution in [1.29, 1.82) is 0 Å². The lowest BCUT2D eigenvalue weighted by molar-refractivity contribution is 0.231. The molecule has 1 aromatic carbocycles. The fourth-order valence-electron chi connectivity index (χ4n) is 1.80. The van der Waals surface area contributed by atoms with E-state index in [0.29, 0.717) is 11.7 Å². The first-order chi connectivity index (χ1) is 7.58. The van der Waals surface area contributed by atoms with E-state index < -0.39 is 0 Å². The zero-order valence-corrected chi connectivity index (χ0v) is 9.74. The zero-order valence-electron chi connectivity index (χ0n) is 9.74. The first-order valence-electron chi connectivity index (χ1n) is 5.79. The summed E-state index contributed by atoms with van der Waals surface area (Å²) in [5, 5.41) is 0. The highest BCUT2D eigenvalue weighted by molar-refractivity contribution is 5.31. The van der Waals surface area contributed by atoms with E-state index in [0.717, 1.165) is 18.4 Å². The van der Waals surface area contributed by atoms with Crippen molar-refractivity contribution in [1.82, 2.24) is 0 Å². The van der Waals surface area contributed by atoms with Crippen LogP contribution in [-0.4, -0.2) is 6.10 Å². The summed E-state index contributed by atoms with van der Waals surface area (Å²) in [6.45, 7) is 3.76. The Kier molecular flexibility index (Phi) is 3.15.